The molecule has 2 aliphatic rings. The van der Waals surface area contributed by atoms with E-state index in [-0.39, 0.29) is 0 Å². The summed E-state index contributed by atoms with van der Waals surface area (Å²) in [7, 11) is 2.21. The number of anilines is 1. The highest BCUT2D eigenvalue weighted by atomic mass is 15.2. The van der Waals surface area contributed by atoms with Crippen LogP contribution < -0.4 is 10.2 Å². The van der Waals surface area contributed by atoms with Crippen molar-refractivity contribution in [1.29, 1.82) is 0 Å². The van der Waals surface area contributed by atoms with Crippen LogP contribution in [-0.4, -0.2) is 24.6 Å². The quantitative estimate of drug-likeness (QED) is 0.863. The van der Waals surface area contributed by atoms with Crippen molar-refractivity contribution in [1.82, 2.24) is 10.3 Å². The third kappa shape index (κ3) is 3.14. The van der Waals surface area contributed by atoms with Gasteiger partial charge in [-0.25, -0.2) is 4.98 Å². The minimum atomic E-state index is 0.750. The van der Waals surface area contributed by atoms with Gasteiger partial charge in [-0.15, -0.1) is 0 Å². The molecular weight excluding hydrogens is 246 g/mol. The van der Waals surface area contributed by atoms with Crippen LogP contribution in [-0.2, 0) is 6.54 Å². The molecule has 0 aromatic carbocycles. The minimum Gasteiger partial charge on any atom is -0.359 e. The second-order valence-electron chi connectivity index (χ2n) is 6.72. The molecule has 20 heavy (non-hydrogen) atoms. The van der Waals surface area contributed by atoms with Crippen molar-refractivity contribution in [2.24, 2.45) is 5.92 Å². The summed E-state index contributed by atoms with van der Waals surface area (Å²) in [6.45, 7) is 6.45. The molecule has 0 bridgehead atoms. The fraction of sp³-hybridized carbons (Fsp3) is 0.706. The summed E-state index contributed by atoms with van der Waals surface area (Å²) in [6.07, 6.45) is 6.88. The van der Waals surface area contributed by atoms with E-state index in [0.29, 0.717) is 0 Å². The first-order valence-electron chi connectivity index (χ1n) is 8.05. The van der Waals surface area contributed by atoms with E-state index in [4.69, 9.17) is 4.98 Å². The maximum Gasteiger partial charge on any atom is 0.133 e. The van der Waals surface area contributed by atoms with E-state index in [0.717, 1.165) is 30.7 Å². The Balaban J connectivity index is 1.77. The summed E-state index contributed by atoms with van der Waals surface area (Å²) in [5.74, 6) is 2.08. The third-order valence-corrected chi connectivity index (χ3v) is 4.72. The Morgan fingerprint density at radius 2 is 2.00 bits per heavy atom. The highest BCUT2D eigenvalue weighted by Gasteiger charge is 2.24. The number of hydrogen-bond donors (Lipinski definition) is 1. The SMILES string of the molecule is Cc1cc(C)c(CNC2CC2)c(N(C)CC2CCC2)n1. The maximum atomic E-state index is 4.83. The fourth-order valence-corrected chi connectivity index (χ4v) is 3.06. The van der Waals surface area contributed by atoms with Crippen molar-refractivity contribution >= 4 is 5.82 Å². The molecule has 3 rings (SSSR count). The van der Waals surface area contributed by atoms with E-state index in [1.807, 2.05) is 0 Å². The second kappa shape index (κ2) is 5.72. The standard InChI is InChI=1S/C17H27N3/c1-12-9-13(2)19-17(16(12)10-18-15-7-8-15)20(3)11-14-5-4-6-14/h9,14-15,18H,4-8,10-11H2,1-3H3. The van der Waals surface area contributed by atoms with Gasteiger partial charge in [-0.05, 0) is 57.1 Å². The lowest BCUT2D eigenvalue weighted by Crippen LogP contribution is -2.31. The summed E-state index contributed by atoms with van der Waals surface area (Å²) < 4.78 is 0. The van der Waals surface area contributed by atoms with Crippen molar-refractivity contribution in [3.8, 4) is 0 Å². The summed E-state index contributed by atoms with van der Waals surface area (Å²) in [6, 6.07) is 2.96. The van der Waals surface area contributed by atoms with Crippen LogP contribution in [0.2, 0.25) is 0 Å². The number of aromatic nitrogens is 1. The van der Waals surface area contributed by atoms with Crippen molar-refractivity contribution in [2.75, 3.05) is 18.5 Å². The monoisotopic (exact) mass is 273 g/mol. The zero-order valence-electron chi connectivity index (χ0n) is 13.1. The predicted octanol–water partition coefficient (Wildman–Crippen LogP) is 3.19. The number of hydrogen-bond acceptors (Lipinski definition) is 3. The van der Waals surface area contributed by atoms with Crippen molar-refractivity contribution in [3.63, 3.8) is 0 Å². The topological polar surface area (TPSA) is 28.2 Å². The summed E-state index contributed by atoms with van der Waals surface area (Å²) in [5, 5.41) is 3.64. The Morgan fingerprint density at radius 1 is 1.25 bits per heavy atom. The molecule has 0 saturated heterocycles. The Bertz CT molecular complexity index is 475. The van der Waals surface area contributed by atoms with Gasteiger partial charge in [0.15, 0.2) is 0 Å². The van der Waals surface area contributed by atoms with E-state index >= 15 is 0 Å². The highest BCUT2D eigenvalue weighted by Crippen LogP contribution is 2.30. The van der Waals surface area contributed by atoms with Crippen LogP contribution in [0.5, 0.6) is 0 Å². The first-order chi connectivity index (χ1) is 9.63. The smallest absolute Gasteiger partial charge is 0.133 e. The van der Waals surface area contributed by atoms with E-state index in [2.05, 4.69) is 37.2 Å². The van der Waals surface area contributed by atoms with E-state index in [1.54, 1.807) is 0 Å². The minimum absolute atomic E-state index is 0.750. The molecule has 2 saturated carbocycles. The molecule has 0 unspecified atom stereocenters. The van der Waals surface area contributed by atoms with Crippen LogP contribution in [0, 0.1) is 19.8 Å². The molecule has 0 atom stereocenters. The zero-order chi connectivity index (χ0) is 14.1. The van der Waals surface area contributed by atoms with Gasteiger partial charge in [0.2, 0.25) is 0 Å². The van der Waals surface area contributed by atoms with Gasteiger partial charge >= 0.3 is 0 Å². The first-order valence-corrected chi connectivity index (χ1v) is 8.05. The Morgan fingerprint density at radius 3 is 2.60 bits per heavy atom. The molecule has 2 fully saturated rings. The Hall–Kier alpha value is -1.09. The van der Waals surface area contributed by atoms with Gasteiger partial charge in [-0.1, -0.05) is 6.42 Å². The molecule has 3 nitrogen and oxygen atoms in total. The van der Waals surface area contributed by atoms with Crippen LogP contribution in [0.3, 0.4) is 0 Å². The molecule has 1 aromatic heterocycles. The van der Waals surface area contributed by atoms with Gasteiger partial charge < -0.3 is 10.2 Å². The van der Waals surface area contributed by atoms with Crippen molar-refractivity contribution in [3.05, 3.63) is 22.9 Å². The number of pyridine rings is 1. The Kier molecular flexibility index (Phi) is 3.97. The van der Waals surface area contributed by atoms with Crippen LogP contribution in [0.1, 0.15) is 48.9 Å². The molecule has 0 spiro atoms. The van der Waals surface area contributed by atoms with Gasteiger partial charge in [0.05, 0.1) is 0 Å². The van der Waals surface area contributed by atoms with Gasteiger partial charge in [0, 0.05) is 37.4 Å². The molecule has 1 aromatic rings. The largest absolute Gasteiger partial charge is 0.359 e. The molecule has 110 valence electrons. The lowest BCUT2D eigenvalue weighted by atomic mass is 9.85. The number of rotatable bonds is 6. The molecule has 2 aliphatic carbocycles. The van der Waals surface area contributed by atoms with Gasteiger partial charge in [-0.2, -0.15) is 0 Å². The van der Waals surface area contributed by atoms with Crippen LogP contribution in [0.15, 0.2) is 6.07 Å². The van der Waals surface area contributed by atoms with Crippen LogP contribution in [0.25, 0.3) is 0 Å². The van der Waals surface area contributed by atoms with Crippen LogP contribution in [0.4, 0.5) is 5.82 Å². The van der Waals surface area contributed by atoms with Gasteiger partial charge in [0.1, 0.15) is 5.82 Å². The first kappa shape index (κ1) is 13.9. The molecule has 0 aliphatic heterocycles. The summed E-state index contributed by atoms with van der Waals surface area (Å²) in [5.41, 5.74) is 3.90. The molecular formula is C17H27N3. The lowest BCUT2D eigenvalue weighted by molar-refractivity contribution is 0.321. The van der Waals surface area contributed by atoms with Crippen molar-refractivity contribution in [2.45, 2.75) is 58.5 Å². The van der Waals surface area contributed by atoms with E-state index in [9.17, 15) is 0 Å². The van der Waals surface area contributed by atoms with Crippen molar-refractivity contribution < 1.29 is 0 Å². The van der Waals surface area contributed by atoms with Gasteiger partial charge in [0.25, 0.3) is 0 Å². The molecule has 0 amide bonds. The fourth-order valence-electron chi connectivity index (χ4n) is 3.06. The van der Waals surface area contributed by atoms with Gasteiger partial charge in [-0.3, -0.25) is 0 Å². The third-order valence-electron chi connectivity index (χ3n) is 4.72. The molecule has 3 heteroatoms. The maximum absolute atomic E-state index is 4.83. The summed E-state index contributed by atoms with van der Waals surface area (Å²) in [4.78, 5) is 7.21. The average molecular weight is 273 g/mol. The van der Waals surface area contributed by atoms with Crippen LogP contribution >= 0.6 is 0 Å². The molecule has 1 N–H and O–H groups in total. The zero-order valence-corrected chi connectivity index (χ0v) is 13.1. The van der Waals surface area contributed by atoms with E-state index < -0.39 is 0 Å². The lowest BCUT2D eigenvalue weighted by Gasteiger charge is -2.32. The van der Waals surface area contributed by atoms with E-state index in [1.165, 1.54) is 49.0 Å². The number of nitrogens with zero attached hydrogens (tertiary/aromatic N) is 2. The average Bonchev–Trinajstić information content (AvgIpc) is 3.15. The molecule has 1 heterocycles. The molecule has 0 radical (unpaired) electrons. The Labute approximate surface area is 122 Å². The number of aryl methyl sites for hydroxylation is 2. The second-order valence-corrected chi connectivity index (χ2v) is 6.72. The normalized spacial score (nSPS) is 18.9. The number of nitrogens with one attached hydrogen (secondary N) is 1. The highest BCUT2D eigenvalue weighted by molar-refractivity contribution is 5.51. The predicted molar refractivity (Wildman–Crippen MR) is 84.2 cm³/mol. The summed E-state index contributed by atoms with van der Waals surface area (Å²) >= 11 is 0.